The van der Waals surface area contributed by atoms with Gasteiger partial charge in [0.15, 0.2) is 0 Å². The summed E-state index contributed by atoms with van der Waals surface area (Å²) in [7, 11) is 1.65. The lowest BCUT2D eigenvalue weighted by atomic mass is 10.2. The summed E-state index contributed by atoms with van der Waals surface area (Å²) in [5.41, 5.74) is 7.38. The van der Waals surface area contributed by atoms with Gasteiger partial charge in [-0.1, -0.05) is 18.2 Å². The van der Waals surface area contributed by atoms with Gasteiger partial charge in [-0.05, 0) is 23.8 Å². The zero-order chi connectivity index (χ0) is 12.8. The molecule has 94 valence electrons. The molecular weight excluding hydrogens is 228 g/mol. The van der Waals surface area contributed by atoms with Crippen LogP contribution >= 0.6 is 0 Å². The standard InChI is InChI=1S/C14H16N2O2/c1-17-13-6-2-4-11(8-13)10-18-14-7-3-5-12(9-15)16-14/h2-8H,9-10,15H2,1H3. The van der Waals surface area contributed by atoms with Gasteiger partial charge >= 0.3 is 0 Å². The number of aromatic nitrogens is 1. The molecule has 0 amide bonds. The number of hydrogen-bond acceptors (Lipinski definition) is 4. The first-order valence-corrected chi connectivity index (χ1v) is 5.73. The van der Waals surface area contributed by atoms with E-state index in [4.69, 9.17) is 15.2 Å². The molecule has 1 heterocycles. The molecule has 0 aliphatic heterocycles. The van der Waals surface area contributed by atoms with Crippen LogP contribution in [0.25, 0.3) is 0 Å². The number of ether oxygens (including phenoxy) is 2. The average Bonchev–Trinajstić information content (AvgIpc) is 2.45. The van der Waals surface area contributed by atoms with Crippen LogP contribution in [-0.4, -0.2) is 12.1 Å². The van der Waals surface area contributed by atoms with Crippen LogP contribution in [0.15, 0.2) is 42.5 Å². The number of benzene rings is 1. The van der Waals surface area contributed by atoms with Crippen molar-refractivity contribution in [1.82, 2.24) is 4.98 Å². The third-order valence-electron chi connectivity index (χ3n) is 2.51. The topological polar surface area (TPSA) is 57.4 Å². The van der Waals surface area contributed by atoms with Crippen LogP contribution in [0.3, 0.4) is 0 Å². The highest BCUT2D eigenvalue weighted by Gasteiger charge is 2.00. The third-order valence-corrected chi connectivity index (χ3v) is 2.51. The lowest BCUT2D eigenvalue weighted by Gasteiger charge is -2.07. The fourth-order valence-electron chi connectivity index (χ4n) is 1.57. The van der Waals surface area contributed by atoms with Gasteiger partial charge in [0.2, 0.25) is 5.88 Å². The van der Waals surface area contributed by atoms with Crippen molar-refractivity contribution in [1.29, 1.82) is 0 Å². The minimum atomic E-state index is 0.413. The summed E-state index contributed by atoms with van der Waals surface area (Å²) in [5.74, 6) is 1.40. The number of nitrogens with two attached hydrogens (primary N) is 1. The smallest absolute Gasteiger partial charge is 0.213 e. The minimum Gasteiger partial charge on any atom is -0.497 e. The Balaban J connectivity index is 2.01. The second-order valence-corrected chi connectivity index (χ2v) is 3.81. The first-order chi connectivity index (χ1) is 8.81. The summed E-state index contributed by atoms with van der Waals surface area (Å²) in [4.78, 5) is 4.27. The Hall–Kier alpha value is -2.07. The summed E-state index contributed by atoms with van der Waals surface area (Å²) >= 11 is 0. The molecule has 2 N–H and O–H groups in total. The number of pyridine rings is 1. The van der Waals surface area contributed by atoms with Gasteiger partial charge in [-0.25, -0.2) is 4.98 Å². The number of rotatable bonds is 5. The minimum absolute atomic E-state index is 0.413. The highest BCUT2D eigenvalue weighted by molar-refractivity contribution is 5.28. The first kappa shape index (κ1) is 12.4. The van der Waals surface area contributed by atoms with Crippen molar-refractivity contribution in [2.75, 3.05) is 7.11 Å². The molecular formula is C14H16N2O2. The van der Waals surface area contributed by atoms with Crippen LogP contribution in [0.5, 0.6) is 11.6 Å². The Labute approximate surface area is 106 Å². The molecule has 4 heteroatoms. The Morgan fingerprint density at radius 2 is 2.00 bits per heavy atom. The van der Waals surface area contributed by atoms with Crippen molar-refractivity contribution in [3.63, 3.8) is 0 Å². The van der Waals surface area contributed by atoms with E-state index >= 15 is 0 Å². The van der Waals surface area contributed by atoms with Gasteiger partial charge in [-0.3, -0.25) is 0 Å². The first-order valence-electron chi connectivity index (χ1n) is 5.73. The maximum Gasteiger partial charge on any atom is 0.213 e. The second-order valence-electron chi connectivity index (χ2n) is 3.81. The van der Waals surface area contributed by atoms with Gasteiger partial charge in [0, 0.05) is 12.6 Å². The molecule has 0 radical (unpaired) electrons. The van der Waals surface area contributed by atoms with Gasteiger partial charge in [-0.15, -0.1) is 0 Å². The van der Waals surface area contributed by atoms with Crippen LogP contribution in [0.1, 0.15) is 11.3 Å². The SMILES string of the molecule is COc1cccc(COc2cccc(CN)n2)c1. The molecule has 0 spiro atoms. The van der Waals surface area contributed by atoms with E-state index < -0.39 is 0 Å². The van der Waals surface area contributed by atoms with E-state index in [0.29, 0.717) is 19.0 Å². The summed E-state index contributed by atoms with van der Waals surface area (Å²) in [6.45, 7) is 0.870. The summed E-state index contributed by atoms with van der Waals surface area (Å²) in [6.07, 6.45) is 0. The zero-order valence-electron chi connectivity index (χ0n) is 10.3. The molecule has 2 rings (SSSR count). The maximum atomic E-state index is 5.61. The largest absolute Gasteiger partial charge is 0.497 e. The number of hydrogen-bond donors (Lipinski definition) is 1. The van der Waals surface area contributed by atoms with E-state index in [-0.39, 0.29) is 0 Å². The van der Waals surface area contributed by atoms with Crippen molar-refractivity contribution in [3.05, 3.63) is 53.7 Å². The normalized spacial score (nSPS) is 10.1. The molecule has 1 aromatic carbocycles. The Morgan fingerprint density at radius 1 is 1.17 bits per heavy atom. The fourth-order valence-corrected chi connectivity index (χ4v) is 1.57. The average molecular weight is 244 g/mol. The summed E-state index contributed by atoms with van der Waals surface area (Å²) in [5, 5.41) is 0. The predicted octanol–water partition coefficient (Wildman–Crippen LogP) is 2.13. The van der Waals surface area contributed by atoms with Crippen molar-refractivity contribution in [2.45, 2.75) is 13.2 Å². The van der Waals surface area contributed by atoms with Crippen LogP contribution in [0, 0.1) is 0 Å². The molecule has 0 aliphatic rings. The van der Waals surface area contributed by atoms with E-state index in [1.807, 2.05) is 42.5 Å². The van der Waals surface area contributed by atoms with Gasteiger partial charge < -0.3 is 15.2 Å². The summed E-state index contributed by atoms with van der Waals surface area (Å²) in [6, 6.07) is 13.3. The predicted molar refractivity (Wildman–Crippen MR) is 69.5 cm³/mol. The van der Waals surface area contributed by atoms with Crippen molar-refractivity contribution < 1.29 is 9.47 Å². The Bertz CT molecular complexity index is 467. The van der Waals surface area contributed by atoms with Crippen molar-refractivity contribution in [3.8, 4) is 11.6 Å². The molecule has 0 bridgehead atoms. The van der Waals surface area contributed by atoms with E-state index in [9.17, 15) is 0 Å². The quantitative estimate of drug-likeness (QED) is 0.875. The van der Waals surface area contributed by atoms with Gasteiger partial charge in [0.05, 0.1) is 12.8 Å². The van der Waals surface area contributed by atoms with Gasteiger partial charge in [0.1, 0.15) is 12.4 Å². The lowest BCUT2D eigenvalue weighted by Crippen LogP contribution is -2.02. The van der Waals surface area contributed by atoms with Crippen LogP contribution in [-0.2, 0) is 13.2 Å². The highest BCUT2D eigenvalue weighted by atomic mass is 16.5. The van der Waals surface area contributed by atoms with E-state index in [2.05, 4.69) is 4.98 Å². The van der Waals surface area contributed by atoms with Crippen molar-refractivity contribution >= 4 is 0 Å². The van der Waals surface area contributed by atoms with Crippen LogP contribution in [0.4, 0.5) is 0 Å². The third kappa shape index (κ3) is 3.21. The van der Waals surface area contributed by atoms with Crippen LogP contribution in [0.2, 0.25) is 0 Å². The Kier molecular flexibility index (Phi) is 4.15. The molecule has 1 aromatic heterocycles. The monoisotopic (exact) mass is 244 g/mol. The van der Waals surface area contributed by atoms with Gasteiger partial charge in [0.25, 0.3) is 0 Å². The maximum absolute atomic E-state index is 5.61. The molecule has 0 saturated heterocycles. The Morgan fingerprint density at radius 3 is 2.78 bits per heavy atom. The lowest BCUT2D eigenvalue weighted by molar-refractivity contribution is 0.292. The fraction of sp³-hybridized carbons (Fsp3) is 0.214. The number of nitrogens with zero attached hydrogens (tertiary/aromatic N) is 1. The number of methoxy groups -OCH3 is 1. The molecule has 0 fully saturated rings. The molecule has 0 aliphatic carbocycles. The van der Waals surface area contributed by atoms with Crippen LogP contribution < -0.4 is 15.2 Å². The second kappa shape index (κ2) is 6.02. The molecule has 0 unspecified atom stereocenters. The summed E-state index contributed by atoms with van der Waals surface area (Å²) < 4.78 is 10.8. The molecule has 4 nitrogen and oxygen atoms in total. The van der Waals surface area contributed by atoms with E-state index in [1.54, 1.807) is 7.11 Å². The molecule has 0 atom stereocenters. The van der Waals surface area contributed by atoms with E-state index in [1.165, 1.54) is 0 Å². The molecule has 18 heavy (non-hydrogen) atoms. The molecule has 0 saturated carbocycles. The zero-order valence-corrected chi connectivity index (χ0v) is 10.3. The van der Waals surface area contributed by atoms with Gasteiger partial charge in [-0.2, -0.15) is 0 Å². The highest BCUT2D eigenvalue weighted by Crippen LogP contribution is 2.15. The molecule has 2 aromatic rings. The van der Waals surface area contributed by atoms with E-state index in [0.717, 1.165) is 17.0 Å². The van der Waals surface area contributed by atoms with Crippen molar-refractivity contribution in [2.24, 2.45) is 5.73 Å².